The molecule has 0 rings (SSSR count). The standard InChI is InChI=1S/C20H36O2.C18H32O2/c1-3-5-6-7-8-9-10-11-12-13-14-15-16-17-18-19(4-2)20(21)22;1-2-3-4-5-6-7-8-9-10-11-12-13-14-15-16-17-18(19)20/h8-9,11-12,19H,3-7,10,13-18H2,1-2H3,(H,21,22);6-7,9-10H,2-5,8,11-17H2,1H3,(H,19,20)/b9-8-,12-11-;7-6-,10-9-. The van der Waals surface area contributed by atoms with Crippen LogP contribution in [0.3, 0.4) is 0 Å². The van der Waals surface area contributed by atoms with Crippen molar-refractivity contribution < 1.29 is 19.8 Å². The normalized spacial score (nSPS) is 12.5. The van der Waals surface area contributed by atoms with Crippen molar-refractivity contribution in [2.75, 3.05) is 0 Å². The minimum Gasteiger partial charge on any atom is -0.481 e. The van der Waals surface area contributed by atoms with E-state index in [0.717, 1.165) is 64.2 Å². The number of allylic oxidation sites excluding steroid dienone is 8. The van der Waals surface area contributed by atoms with Gasteiger partial charge in [0.25, 0.3) is 0 Å². The zero-order chi connectivity index (χ0) is 31.4. The molecular weight excluding hydrogens is 520 g/mol. The van der Waals surface area contributed by atoms with Crippen molar-refractivity contribution in [3.05, 3.63) is 48.6 Å². The second-order valence-electron chi connectivity index (χ2n) is 11.5. The summed E-state index contributed by atoms with van der Waals surface area (Å²) in [7, 11) is 0. The molecule has 0 amide bonds. The first-order chi connectivity index (χ1) is 20.5. The summed E-state index contributed by atoms with van der Waals surface area (Å²) in [6.07, 6.45) is 45.0. The van der Waals surface area contributed by atoms with E-state index in [-0.39, 0.29) is 5.92 Å². The highest BCUT2D eigenvalue weighted by Gasteiger charge is 2.13. The molecule has 1 atom stereocenters. The number of rotatable bonds is 29. The Morgan fingerprint density at radius 1 is 0.500 bits per heavy atom. The summed E-state index contributed by atoms with van der Waals surface area (Å²) in [5, 5.41) is 17.5. The van der Waals surface area contributed by atoms with Crippen LogP contribution in [0.1, 0.15) is 175 Å². The van der Waals surface area contributed by atoms with Crippen LogP contribution in [0.2, 0.25) is 0 Å². The maximum atomic E-state index is 10.9. The lowest BCUT2D eigenvalue weighted by molar-refractivity contribution is -0.142. The molecule has 0 spiro atoms. The maximum absolute atomic E-state index is 10.9. The molecule has 244 valence electrons. The zero-order valence-electron chi connectivity index (χ0n) is 27.9. The van der Waals surface area contributed by atoms with Crippen LogP contribution in [0, 0.1) is 5.92 Å². The van der Waals surface area contributed by atoms with Gasteiger partial charge in [-0.05, 0) is 83.5 Å². The van der Waals surface area contributed by atoms with Gasteiger partial charge < -0.3 is 10.2 Å². The van der Waals surface area contributed by atoms with Gasteiger partial charge in [-0.15, -0.1) is 0 Å². The minimum absolute atomic E-state index is 0.135. The average molecular weight is 589 g/mol. The van der Waals surface area contributed by atoms with E-state index < -0.39 is 11.9 Å². The maximum Gasteiger partial charge on any atom is 0.306 e. The van der Waals surface area contributed by atoms with Gasteiger partial charge in [0.15, 0.2) is 0 Å². The molecule has 0 aromatic heterocycles. The van der Waals surface area contributed by atoms with Crippen molar-refractivity contribution in [2.45, 2.75) is 175 Å². The van der Waals surface area contributed by atoms with E-state index in [0.29, 0.717) is 6.42 Å². The average Bonchev–Trinajstić information content (AvgIpc) is 2.97. The molecule has 42 heavy (non-hydrogen) atoms. The number of hydrogen-bond donors (Lipinski definition) is 2. The third-order valence-electron chi connectivity index (χ3n) is 7.44. The topological polar surface area (TPSA) is 74.6 Å². The van der Waals surface area contributed by atoms with Crippen LogP contribution in [0.25, 0.3) is 0 Å². The zero-order valence-corrected chi connectivity index (χ0v) is 27.9. The molecule has 0 heterocycles. The lowest BCUT2D eigenvalue weighted by Gasteiger charge is -2.08. The Labute approximate surface area is 260 Å². The molecule has 2 N–H and O–H groups in total. The van der Waals surface area contributed by atoms with Gasteiger partial charge in [-0.2, -0.15) is 0 Å². The molecule has 0 saturated heterocycles. The predicted octanol–water partition coefficient (Wildman–Crippen LogP) is 12.4. The van der Waals surface area contributed by atoms with Gasteiger partial charge in [0.2, 0.25) is 0 Å². The molecule has 0 aromatic carbocycles. The highest BCUT2D eigenvalue weighted by atomic mass is 16.4. The first-order valence-corrected chi connectivity index (χ1v) is 17.5. The van der Waals surface area contributed by atoms with Crippen molar-refractivity contribution >= 4 is 11.9 Å². The SMILES string of the molecule is CCCCC/C=C\C/C=C\CCCCCCC(CC)C(=O)O.CCCCC/C=C\C/C=C\CCCCCCCC(=O)O. The second kappa shape index (κ2) is 36.9. The Morgan fingerprint density at radius 2 is 0.881 bits per heavy atom. The van der Waals surface area contributed by atoms with E-state index in [1.165, 1.54) is 83.5 Å². The Morgan fingerprint density at radius 3 is 1.26 bits per heavy atom. The minimum atomic E-state index is -0.671. The first-order valence-electron chi connectivity index (χ1n) is 17.5. The van der Waals surface area contributed by atoms with Crippen LogP contribution in [0.4, 0.5) is 0 Å². The molecule has 0 saturated carbocycles. The number of carboxylic acids is 2. The van der Waals surface area contributed by atoms with E-state index in [2.05, 4.69) is 62.5 Å². The number of hydrogen-bond acceptors (Lipinski definition) is 2. The van der Waals surface area contributed by atoms with Gasteiger partial charge >= 0.3 is 11.9 Å². The summed E-state index contributed by atoms with van der Waals surface area (Å²) >= 11 is 0. The van der Waals surface area contributed by atoms with Crippen molar-refractivity contribution in [3.8, 4) is 0 Å². The van der Waals surface area contributed by atoms with Crippen molar-refractivity contribution in [3.63, 3.8) is 0 Å². The van der Waals surface area contributed by atoms with Gasteiger partial charge in [0, 0.05) is 6.42 Å². The van der Waals surface area contributed by atoms with Crippen molar-refractivity contribution in [1.29, 1.82) is 0 Å². The number of carbonyl (C=O) groups is 2. The lowest BCUT2D eigenvalue weighted by atomic mass is 9.98. The summed E-state index contributed by atoms with van der Waals surface area (Å²) in [5.74, 6) is -1.44. The second-order valence-corrected chi connectivity index (χ2v) is 11.5. The molecule has 0 radical (unpaired) electrons. The number of unbranched alkanes of at least 4 members (excludes halogenated alkanes) is 15. The fourth-order valence-corrected chi connectivity index (χ4v) is 4.62. The summed E-state index contributed by atoms with van der Waals surface area (Å²) < 4.78 is 0. The van der Waals surface area contributed by atoms with Crippen LogP contribution in [0.5, 0.6) is 0 Å². The monoisotopic (exact) mass is 589 g/mol. The molecule has 0 aliphatic carbocycles. The Hall–Kier alpha value is -2.10. The Kier molecular flexibility index (Phi) is 37.0. The third-order valence-corrected chi connectivity index (χ3v) is 7.44. The fraction of sp³-hybridized carbons (Fsp3) is 0.737. The molecule has 0 aromatic rings. The van der Waals surface area contributed by atoms with Gasteiger partial charge in [-0.3, -0.25) is 9.59 Å². The first kappa shape index (κ1) is 42.0. The van der Waals surface area contributed by atoms with Gasteiger partial charge in [0.05, 0.1) is 5.92 Å². The van der Waals surface area contributed by atoms with Crippen LogP contribution < -0.4 is 0 Å². The Balaban J connectivity index is 0. The van der Waals surface area contributed by atoms with Gasteiger partial charge in [-0.1, -0.05) is 134 Å². The summed E-state index contributed by atoms with van der Waals surface area (Å²) in [6, 6.07) is 0. The molecular formula is C38H68O4. The molecule has 4 nitrogen and oxygen atoms in total. The van der Waals surface area contributed by atoms with Crippen LogP contribution in [-0.2, 0) is 9.59 Å². The highest BCUT2D eigenvalue weighted by Crippen LogP contribution is 2.15. The predicted molar refractivity (Wildman–Crippen MR) is 183 cm³/mol. The van der Waals surface area contributed by atoms with E-state index in [4.69, 9.17) is 10.2 Å². The van der Waals surface area contributed by atoms with Gasteiger partial charge in [0.1, 0.15) is 0 Å². The van der Waals surface area contributed by atoms with Gasteiger partial charge in [-0.25, -0.2) is 0 Å². The third kappa shape index (κ3) is 37.9. The van der Waals surface area contributed by atoms with Crippen molar-refractivity contribution in [2.24, 2.45) is 5.92 Å². The summed E-state index contributed by atoms with van der Waals surface area (Å²) in [5.41, 5.74) is 0. The fourth-order valence-electron chi connectivity index (χ4n) is 4.62. The largest absolute Gasteiger partial charge is 0.481 e. The Bertz CT molecular complexity index is 689. The summed E-state index contributed by atoms with van der Waals surface area (Å²) in [6.45, 7) is 6.43. The molecule has 1 unspecified atom stereocenters. The van der Waals surface area contributed by atoms with Crippen molar-refractivity contribution in [1.82, 2.24) is 0 Å². The molecule has 0 bridgehead atoms. The number of aliphatic carboxylic acids is 2. The highest BCUT2D eigenvalue weighted by molar-refractivity contribution is 5.69. The molecule has 4 heteroatoms. The van der Waals surface area contributed by atoms with Crippen LogP contribution in [0.15, 0.2) is 48.6 Å². The van der Waals surface area contributed by atoms with E-state index in [9.17, 15) is 9.59 Å². The molecule has 0 aliphatic rings. The van der Waals surface area contributed by atoms with E-state index in [1.54, 1.807) is 0 Å². The van der Waals surface area contributed by atoms with Crippen LogP contribution in [-0.4, -0.2) is 22.2 Å². The smallest absolute Gasteiger partial charge is 0.306 e. The van der Waals surface area contributed by atoms with Crippen LogP contribution >= 0.6 is 0 Å². The molecule has 0 fully saturated rings. The lowest BCUT2D eigenvalue weighted by Crippen LogP contribution is -2.12. The van der Waals surface area contributed by atoms with E-state index in [1.807, 2.05) is 6.92 Å². The number of carboxylic acid groups (broad SMARTS) is 2. The quantitative estimate of drug-likeness (QED) is 0.0673. The molecule has 0 aliphatic heterocycles. The summed E-state index contributed by atoms with van der Waals surface area (Å²) in [4.78, 5) is 21.2. The van der Waals surface area contributed by atoms with E-state index >= 15 is 0 Å².